The number of hydrogen-bond donors (Lipinski definition) is 1. The summed E-state index contributed by atoms with van der Waals surface area (Å²) in [7, 11) is 0. The van der Waals surface area contributed by atoms with E-state index in [1.807, 2.05) is 0 Å². The van der Waals surface area contributed by atoms with Crippen molar-refractivity contribution in [3.63, 3.8) is 0 Å². The maximum atomic E-state index is 10.6. The number of nitrogens with zero attached hydrogens (tertiary/aromatic N) is 3. The van der Waals surface area contributed by atoms with Crippen LogP contribution in [0.3, 0.4) is 0 Å². The van der Waals surface area contributed by atoms with Gasteiger partial charge in [0, 0.05) is 35.4 Å². The molecule has 3 rings (SSSR count). The second kappa shape index (κ2) is 8.34. The zero-order chi connectivity index (χ0) is 20.0. The average molecular weight is 370 g/mol. The highest BCUT2D eigenvalue weighted by atomic mass is 16.6. The lowest BCUT2D eigenvalue weighted by Crippen LogP contribution is -2.10. The van der Waals surface area contributed by atoms with Gasteiger partial charge in [0.1, 0.15) is 6.26 Å². The van der Waals surface area contributed by atoms with E-state index < -0.39 is 15.8 Å². The Labute approximate surface area is 152 Å². The SMILES string of the molecule is Cc1coc(-c2cccc([N+](=O)[O-])c2)n1.NC(=O)c1cccc([N+](=O)[O-])c1. The van der Waals surface area contributed by atoms with Gasteiger partial charge in [-0.15, -0.1) is 0 Å². The van der Waals surface area contributed by atoms with Gasteiger partial charge in [-0.3, -0.25) is 25.0 Å². The zero-order valence-corrected chi connectivity index (χ0v) is 14.1. The van der Waals surface area contributed by atoms with E-state index in [0.717, 1.165) is 11.8 Å². The Morgan fingerprint density at radius 1 is 1.04 bits per heavy atom. The number of aromatic nitrogens is 1. The molecule has 1 aromatic heterocycles. The van der Waals surface area contributed by atoms with Gasteiger partial charge in [-0.25, -0.2) is 4.98 Å². The molecule has 0 fully saturated rings. The fraction of sp³-hybridized carbons (Fsp3) is 0.0588. The minimum Gasteiger partial charge on any atom is -0.444 e. The van der Waals surface area contributed by atoms with Crippen molar-refractivity contribution in [3.8, 4) is 11.5 Å². The van der Waals surface area contributed by atoms with Crippen molar-refractivity contribution in [1.82, 2.24) is 4.98 Å². The highest BCUT2D eigenvalue weighted by Crippen LogP contribution is 2.22. The van der Waals surface area contributed by atoms with Crippen LogP contribution in [0, 0.1) is 27.2 Å². The number of carbonyl (C=O) groups excluding carboxylic acids is 1. The van der Waals surface area contributed by atoms with Crippen molar-refractivity contribution in [2.24, 2.45) is 5.73 Å². The summed E-state index contributed by atoms with van der Waals surface area (Å²) in [5, 5.41) is 20.8. The van der Waals surface area contributed by atoms with Gasteiger partial charge in [0.2, 0.25) is 11.8 Å². The molecule has 1 heterocycles. The smallest absolute Gasteiger partial charge is 0.270 e. The molecule has 138 valence electrons. The molecule has 1 amide bonds. The molecule has 0 saturated carbocycles. The van der Waals surface area contributed by atoms with Gasteiger partial charge in [-0.1, -0.05) is 12.1 Å². The van der Waals surface area contributed by atoms with Gasteiger partial charge in [0.25, 0.3) is 11.4 Å². The van der Waals surface area contributed by atoms with Crippen LogP contribution >= 0.6 is 0 Å². The number of amides is 1. The summed E-state index contributed by atoms with van der Waals surface area (Å²) in [6.45, 7) is 1.80. The standard InChI is InChI=1S/C10H8N2O3.C7H6N2O3/c1-7-6-15-10(11-7)8-3-2-4-9(5-8)12(13)14;8-7(10)5-2-1-3-6(4-5)9(11)12/h2-6H,1H3;1-4H,(H2,8,10). The van der Waals surface area contributed by atoms with E-state index >= 15 is 0 Å². The van der Waals surface area contributed by atoms with E-state index in [4.69, 9.17) is 10.2 Å². The number of hydrogen-bond acceptors (Lipinski definition) is 7. The molecule has 0 unspecified atom stereocenters. The number of aryl methyl sites for hydroxylation is 1. The number of oxazole rings is 1. The average Bonchev–Trinajstić information content (AvgIpc) is 3.09. The van der Waals surface area contributed by atoms with Crippen LogP contribution in [-0.2, 0) is 0 Å². The van der Waals surface area contributed by atoms with E-state index in [1.165, 1.54) is 36.6 Å². The van der Waals surface area contributed by atoms with Crippen LogP contribution in [0.2, 0.25) is 0 Å². The number of non-ortho nitro benzene ring substituents is 2. The van der Waals surface area contributed by atoms with E-state index in [-0.39, 0.29) is 16.9 Å². The van der Waals surface area contributed by atoms with Crippen LogP contribution in [0.25, 0.3) is 11.5 Å². The summed E-state index contributed by atoms with van der Waals surface area (Å²) in [4.78, 5) is 34.4. The van der Waals surface area contributed by atoms with Gasteiger partial charge in [0.15, 0.2) is 0 Å². The van der Waals surface area contributed by atoms with Crippen LogP contribution < -0.4 is 5.73 Å². The summed E-state index contributed by atoms with van der Waals surface area (Å²) in [6.07, 6.45) is 1.51. The predicted molar refractivity (Wildman–Crippen MR) is 94.9 cm³/mol. The lowest BCUT2D eigenvalue weighted by atomic mass is 10.2. The van der Waals surface area contributed by atoms with Crippen molar-refractivity contribution < 1.29 is 19.1 Å². The normalized spacial score (nSPS) is 9.81. The fourth-order valence-electron chi connectivity index (χ4n) is 2.01. The van der Waals surface area contributed by atoms with Crippen molar-refractivity contribution in [2.75, 3.05) is 0 Å². The fourth-order valence-corrected chi connectivity index (χ4v) is 2.01. The Hall–Kier alpha value is -4.08. The topological polar surface area (TPSA) is 155 Å². The highest BCUT2D eigenvalue weighted by Gasteiger charge is 2.10. The van der Waals surface area contributed by atoms with E-state index in [0.29, 0.717) is 11.5 Å². The number of nitro benzene ring substituents is 2. The number of nitrogens with two attached hydrogens (primary N) is 1. The maximum absolute atomic E-state index is 10.6. The van der Waals surface area contributed by atoms with Crippen LogP contribution in [-0.4, -0.2) is 20.7 Å². The van der Waals surface area contributed by atoms with Gasteiger partial charge in [-0.05, 0) is 19.1 Å². The molecule has 3 aromatic rings. The second-order valence-electron chi connectivity index (χ2n) is 5.27. The third-order valence-corrected chi connectivity index (χ3v) is 3.26. The summed E-state index contributed by atoms with van der Waals surface area (Å²) in [6, 6.07) is 11.5. The minimum absolute atomic E-state index is 0.0309. The van der Waals surface area contributed by atoms with E-state index in [9.17, 15) is 25.0 Å². The van der Waals surface area contributed by atoms with Crippen LogP contribution in [0.4, 0.5) is 11.4 Å². The quantitative estimate of drug-likeness (QED) is 0.545. The third kappa shape index (κ3) is 5.19. The Kier molecular flexibility index (Phi) is 5.94. The van der Waals surface area contributed by atoms with E-state index in [2.05, 4.69) is 4.98 Å². The number of carbonyl (C=O) groups is 1. The monoisotopic (exact) mass is 370 g/mol. The first-order valence-electron chi connectivity index (χ1n) is 7.49. The molecule has 2 N–H and O–H groups in total. The maximum Gasteiger partial charge on any atom is 0.270 e. The zero-order valence-electron chi connectivity index (χ0n) is 14.1. The predicted octanol–water partition coefficient (Wildman–Crippen LogP) is 3.25. The van der Waals surface area contributed by atoms with Crippen LogP contribution in [0.1, 0.15) is 16.1 Å². The van der Waals surface area contributed by atoms with Crippen molar-refractivity contribution in [1.29, 1.82) is 0 Å². The Morgan fingerprint density at radius 2 is 1.63 bits per heavy atom. The lowest BCUT2D eigenvalue weighted by Gasteiger charge is -1.94. The van der Waals surface area contributed by atoms with E-state index in [1.54, 1.807) is 19.1 Å². The molecular formula is C17H14N4O6. The summed E-state index contributed by atoms with van der Waals surface area (Å²) in [5.74, 6) is -0.269. The molecule has 0 atom stereocenters. The molecule has 2 aromatic carbocycles. The van der Waals surface area contributed by atoms with Crippen LogP contribution in [0.5, 0.6) is 0 Å². The number of primary amides is 1. The molecule has 0 aliphatic heterocycles. The minimum atomic E-state index is -0.668. The molecule has 0 spiro atoms. The summed E-state index contributed by atoms with van der Waals surface area (Å²) < 4.78 is 5.15. The molecule has 0 saturated heterocycles. The van der Waals surface area contributed by atoms with Gasteiger partial charge in [-0.2, -0.15) is 0 Å². The first-order valence-corrected chi connectivity index (χ1v) is 7.49. The largest absolute Gasteiger partial charge is 0.444 e. The summed E-state index contributed by atoms with van der Waals surface area (Å²) in [5.41, 5.74) is 6.32. The molecule has 10 nitrogen and oxygen atoms in total. The third-order valence-electron chi connectivity index (χ3n) is 3.26. The van der Waals surface area contributed by atoms with Gasteiger partial charge in [0.05, 0.1) is 15.5 Å². The Bertz CT molecular complexity index is 969. The second-order valence-corrected chi connectivity index (χ2v) is 5.27. The van der Waals surface area contributed by atoms with Crippen molar-refractivity contribution in [2.45, 2.75) is 6.92 Å². The number of rotatable bonds is 4. The molecule has 0 aliphatic rings. The molecule has 0 bridgehead atoms. The van der Waals surface area contributed by atoms with Gasteiger partial charge < -0.3 is 10.2 Å². The summed E-state index contributed by atoms with van der Waals surface area (Å²) >= 11 is 0. The Balaban J connectivity index is 0.000000199. The number of nitro groups is 2. The van der Waals surface area contributed by atoms with Crippen LogP contribution in [0.15, 0.2) is 59.2 Å². The molecule has 0 radical (unpaired) electrons. The first-order chi connectivity index (χ1) is 12.8. The molecular weight excluding hydrogens is 356 g/mol. The number of benzene rings is 2. The van der Waals surface area contributed by atoms with Gasteiger partial charge >= 0.3 is 0 Å². The Morgan fingerprint density at radius 3 is 2.15 bits per heavy atom. The first kappa shape index (κ1) is 19.2. The highest BCUT2D eigenvalue weighted by molar-refractivity contribution is 5.93. The molecule has 27 heavy (non-hydrogen) atoms. The van der Waals surface area contributed by atoms with Crippen molar-refractivity contribution in [3.05, 3.63) is 86.3 Å². The molecule has 0 aliphatic carbocycles. The molecule has 10 heteroatoms. The lowest BCUT2D eigenvalue weighted by molar-refractivity contribution is -0.385. The van der Waals surface area contributed by atoms with Crippen molar-refractivity contribution >= 4 is 17.3 Å².